The molecule has 1 heterocycles. The van der Waals surface area contributed by atoms with Crippen LogP contribution >= 0.6 is 27.7 Å². The Labute approximate surface area is 89.2 Å². The lowest BCUT2D eigenvalue weighted by Crippen LogP contribution is -2.33. The van der Waals surface area contributed by atoms with E-state index in [2.05, 4.69) is 21.2 Å². The average Bonchev–Trinajstić information content (AvgIpc) is 2.04. The third-order valence-electron chi connectivity index (χ3n) is 1.93. The third kappa shape index (κ3) is 2.17. The Hall–Kier alpha value is -0.220. The predicted molar refractivity (Wildman–Crippen MR) is 58.8 cm³/mol. The van der Waals surface area contributed by atoms with E-state index in [9.17, 15) is 4.39 Å². The molecule has 0 unspecified atom stereocenters. The standard InChI is InChI=1S/C9H9BrFNS/c10-8-2-1-6(3-9(8)11)12-7-4-13-5-7/h1-3,7,12H,4-5H2. The number of rotatable bonds is 2. The smallest absolute Gasteiger partial charge is 0.139 e. The summed E-state index contributed by atoms with van der Waals surface area (Å²) in [4.78, 5) is 0. The molecule has 1 aromatic carbocycles. The van der Waals surface area contributed by atoms with Crippen LogP contribution < -0.4 is 5.32 Å². The number of halogens is 2. The van der Waals surface area contributed by atoms with Gasteiger partial charge in [0.15, 0.2) is 0 Å². The van der Waals surface area contributed by atoms with E-state index in [1.54, 1.807) is 6.07 Å². The summed E-state index contributed by atoms with van der Waals surface area (Å²) in [7, 11) is 0. The first kappa shape index (κ1) is 9.34. The largest absolute Gasteiger partial charge is 0.381 e. The highest BCUT2D eigenvalue weighted by Crippen LogP contribution is 2.24. The van der Waals surface area contributed by atoms with E-state index in [0.717, 1.165) is 17.2 Å². The molecule has 1 saturated heterocycles. The minimum absolute atomic E-state index is 0.211. The molecule has 4 heteroatoms. The molecule has 1 aliphatic heterocycles. The second-order valence-corrected chi connectivity index (χ2v) is 4.94. The van der Waals surface area contributed by atoms with Gasteiger partial charge in [0.1, 0.15) is 5.82 Å². The van der Waals surface area contributed by atoms with Crippen LogP contribution in [0.4, 0.5) is 10.1 Å². The molecule has 70 valence electrons. The summed E-state index contributed by atoms with van der Waals surface area (Å²) in [6, 6.07) is 5.65. The van der Waals surface area contributed by atoms with Gasteiger partial charge in [-0.1, -0.05) is 0 Å². The molecular weight excluding hydrogens is 253 g/mol. The quantitative estimate of drug-likeness (QED) is 0.878. The van der Waals surface area contributed by atoms with E-state index in [-0.39, 0.29) is 5.82 Å². The van der Waals surface area contributed by atoms with Crippen molar-refractivity contribution in [2.75, 3.05) is 16.8 Å². The van der Waals surface area contributed by atoms with Crippen LogP contribution in [0.15, 0.2) is 22.7 Å². The molecule has 2 rings (SSSR count). The average molecular weight is 262 g/mol. The maximum absolute atomic E-state index is 13.1. The van der Waals surface area contributed by atoms with Crippen molar-refractivity contribution in [1.82, 2.24) is 0 Å². The van der Waals surface area contributed by atoms with Gasteiger partial charge in [0.2, 0.25) is 0 Å². The first-order valence-corrected chi connectivity index (χ1v) is 6.00. The van der Waals surface area contributed by atoms with Crippen molar-refractivity contribution < 1.29 is 4.39 Å². The highest BCUT2D eigenvalue weighted by Gasteiger charge is 2.17. The Morgan fingerprint density at radius 3 is 2.77 bits per heavy atom. The molecule has 1 nitrogen and oxygen atoms in total. The number of anilines is 1. The van der Waals surface area contributed by atoms with Gasteiger partial charge >= 0.3 is 0 Å². The number of hydrogen-bond donors (Lipinski definition) is 1. The second kappa shape index (κ2) is 3.88. The van der Waals surface area contributed by atoms with Crippen molar-refractivity contribution in [2.24, 2.45) is 0 Å². The summed E-state index contributed by atoms with van der Waals surface area (Å²) in [5.74, 6) is 2.03. The molecule has 1 N–H and O–H groups in total. The van der Waals surface area contributed by atoms with Gasteiger partial charge in [-0.15, -0.1) is 0 Å². The van der Waals surface area contributed by atoms with Crippen molar-refractivity contribution in [3.05, 3.63) is 28.5 Å². The maximum atomic E-state index is 13.1. The van der Waals surface area contributed by atoms with Gasteiger partial charge in [-0.25, -0.2) is 4.39 Å². The summed E-state index contributed by atoms with van der Waals surface area (Å²) in [5.41, 5.74) is 0.867. The number of benzene rings is 1. The molecule has 0 radical (unpaired) electrons. The molecule has 0 atom stereocenters. The first-order chi connectivity index (χ1) is 6.25. The minimum Gasteiger partial charge on any atom is -0.381 e. The SMILES string of the molecule is Fc1cc(NC2CSC2)ccc1Br. The molecule has 0 aliphatic carbocycles. The van der Waals surface area contributed by atoms with E-state index in [0.29, 0.717) is 10.5 Å². The zero-order valence-corrected chi connectivity index (χ0v) is 9.29. The van der Waals surface area contributed by atoms with Crippen molar-refractivity contribution in [2.45, 2.75) is 6.04 Å². The van der Waals surface area contributed by atoms with Gasteiger partial charge in [0.25, 0.3) is 0 Å². The highest BCUT2D eigenvalue weighted by molar-refractivity contribution is 9.10. The summed E-state index contributed by atoms with van der Waals surface area (Å²) in [6.45, 7) is 0. The molecular formula is C9H9BrFNS. The van der Waals surface area contributed by atoms with E-state index >= 15 is 0 Å². The Bertz CT molecular complexity index is 314. The van der Waals surface area contributed by atoms with E-state index in [1.165, 1.54) is 6.07 Å². The minimum atomic E-state index is -0.211. The van der Waals surface area contributed by atoms with Crippen molar-refractivity contribution in [3.8, 4) is 0 Å². The Morgan fingerprint density at radius 2 is 2.23 bits per heavy atom. The molecule has 0 spiro atoms. The van der Waals surface area contributed by atoms with Crippen LogP contribution in [0, 0.1) is 5.82 Å². The molecule has 0 aromatic heterocycles. The highest BCUT2D eigenvalue weighted by atomic mass is 79.9. The van der Waals surface area contributed by atoms with Crippen LogP contribution in [0.5, 0.6) is 0 Å². The maximum Gasteiger partial charge on any atom is 0.139 e. The molecule has 0 saturated carbocycles. The summed E-state index contributed by atoms with van der Waals surface area (Å²) in [6.07, 6.45) is 0. The lowest BCUT2D eigenvalue weighted by molar-refractivity contribution is 0.621. The van der Waals surface area contributed by atoms with E-state index in [1.807, 2.05) is 17.8 Å². The summed E-state index contributed by atoms with van der Waals surface area (Å²) < 4.78 is 13.6. The monoisotopic (exact) mass is 261 g/mol. The van der Waals surface area contributed by atoms with Crippen LogP contribution in [0.2, 0.25) is 0 Å². The number of thioether (sulfide) groups is 1. The fourth-order valence-corrected chi connectivity index (χ4v) is 2.03. The second-order valence-electron chi connectivity index (χ2n) is 3.01. The number of hydrogen-bond acceptors (Lipinski definition) is 2. The third-order valence-corrected chi connectivity index (χ3v) is 3.85. The Balaban J connectivity index is 2.07. The Kier molecular flexibility index (Phi) is 2.79. The first-order valence-electron chi connectivity index (χ1n) is 4.05. The van der Waals surface area contributed by atoms with Gasteiger partial charge in [0, 0.05) is 23.2 Å². The Morgan fingerprint density at radius 1 is 1.46 bits per heavy atom. The molecule has 1 aliphatic rings. The fourth-order valence-electron chi connectivity index (χ4n) is 1.14. The predicted octanol–water partition coefficient (Wildman–Crippen LogP) is 3.12. The normalized spacial score (nSPS) is 16.8. The molecule has 0 bridgehead atoms. The molecule has 1 fully saturated rings. The van der Waals surface area contributed by atoms with Crippen molar-refractivity contribution in [1.29, 1.82) is 0 Å². The lowest BCUT2D eigenvalue weighted by atomic mass is 10.2. The van der Waals surface area contributed by atoms with Gasteiger partial charge < -0.3 is 5.32 Å². The van der Waals surface area contributed by atoms with Crippen LogP contribution in [0.25, 0.3) is 0 Å². The van der Waals surface area contributed by atoms with Gasteiger partial charge in [-0.2, -0.15) is 11.8 Å². The fraction of sp³-hybridized carbons (Fsp3) is 0.333. The van der Waals surface area contributed by atoms with E-state index in [4.69, 9.17) is 0 Å². The lowest BCUT2D eigenvalue weighted by Gasteiger charge is -2.26. The van der Waals surface area contributed by atoms with Crippen LogP contribution in [-0.4, -0.2) is 17.5 Å². The molecule has 1 aromatic rings. The van der Waals surface area contributed by atoms with Gasteiger partial charge in [-0.3, -0.25) is 0 Å². The van der Waals surface area contributed by atoms with Crippen molar-refractivity contribution >= 4 is 33.4 Å². The summed E-state index contributed by atoms with van der Waals surface area (Å²) >= 11 is 5.03. The van der Waals surface area contributed by atoms with E-state index < -0.39 is 0 Å². The van der Waals surface area contributed by atoms with Crippen molar-refractivity contribution in [3.63, 3.8) is 0 Å². The van der Waals surface area contributed by atoms with Gasteiger partial charge in [-0.05, 0) is 34.1 Å². The topological polar surface area (TPSA) is 12.0 Å². The molecule has 13 heavy (non-hydrogen) atoms. The van der Waals surface area contributed by atoms with Crippen LogP contribution in [-0.2, 0) is 0 Å². The van der Waals surface area contributed by atoms with Crippen LogP contribution in [0.1, 0.15) is 0 Å². The number of nitrogens with one attached hydrogen (secondary N) is 1. The van der Waals surface area contributed by atoms with Crippen LogP contribution in [0.3, 0.4) is 0 Å². The zero-order chi connectivity index (χ0) is 9.26. The summed E-state index contributed by atoms with van der Waals surface area (Å²) in [5, 5.41) is 3.26. The molecule has 0 amide bonds. The zero-order valence-electron chi connectivity index (χ0n) is 6.89. The van der Waals surface area contributed by atoms with Gasteiger partial charge in [0.05, 0.1) is 4.47 Å².